The molecule has 7 heteroatoms. The van der Waals surface area contributed by atoms with E-state index in [0.717, 1.165) is 0 Å². The highest BCUT2D eigenvalue weighted by Crippen LogP contribution is 2.47. The minimum atomic E-state index is -5.73. The first-order valence-corrected chi connectivity index (χ1v) is 7.67. The SMILES string of the molecule is CC(C)(C)CC(CCCC(O)(C(F)(F)F)C(F)(F)F)C(C)(C)C. The third-order valence-electron chi connectivity index (χ3n) is 4.11. The van der Waals surface area contributed by atoms with E-state index < -0.39 is 24.4 Å². The molecule has 1 N–H and O–H groups in total. The van der Waals surface area contributed by atoms with Gasteiger partial charge in [0.05, 0.1) is 0 Å². The molecule has 0 rings (SSSR count). The van der Waals surface area contributed by atoms with E-state index >= 15 is 0 Å². The van der Waals surface area contributed by atoms with E-state index in [4.69, 9.17) is 0 Å². The van der Waals surface area contributed by atoms with Crippen LogP contribution < -0.4 is 0 Å². The van der Waals surface area contributed by atoms with Gasteiger partial charge in [-0.15, -0.1) is 0 Å². The van der Waals surface area contributed by atoms with Gasteiger partial charge in [0.15, 0.2) is 0 Å². The van der Waals surface area contributed by atoms with Gasteiger partial charge in [0.2, 0.25) is 0 Å². The normalized spacial score (nSPS) is 16.6. The van der Waals surface area contributed by atoms with Gasteiger partial charge in [-0.2, -0.15) is 26.3 Å². The van der Waals surface area contributed by atoms with Gasteiger partial charge < -0.3 is 5.11 Å². The summed E-state index contributed by atoms with van der Waals surface area (Å²) in [6.45, 7) is 11.7. The maximum atomic E-state index is 12.7. The molecule has 0 heterocycles. The maximum Gasteiger partial charge on any atom is 0.426 e. The maximum absolute atomic E-state index is 12.7. The third-order valence-corrected chi connectivity index (χ3v) is 4.11. The van der Waals surface area contributed by atoms with Crippen molar-refractivity contribution in [1.29, 1.82) is 0 Å². The molecule has 0 spiro atoms. The van der Waals surface area contributed by atoms with Gasteiger partial charge in [0.25, 0.3) is 5.60 Å². The van der Waals surface area contributed by atoms with Crippen molar-refractivity contribution in [3.8, 4) is 0 Å². The molecule has 0 aromatic carbocycles. The van der Waals surface area contributed by atoms with Crippen molar-refractivity contribution in [3.63, 3.8) is 0 Å². The van der Waals surface area contributed by atoms with E-state index in [9.17, 15) is 31.4 Å². The zero-order valence-corrected chi connectivity index (χ0v) is 14.6. The molecule has 0 radical (unpaired) electrons. The Hall–Kier alpha value is -0.460. The number of hydrogen-bond donors (Lipinski definition) is 1. The van der Waals surface area contributed by atoms with Gasteiger partial charge in [0.1, 0.15) is 0 Å². The quantitative estimate of drug-likeness (QED) is 0.593. The third kappa shape index (κ3) is 6.51. The van der Waals surface area contributed by atoms with E-state index in [-0.39, 0.29) is 29.6 Å². The lowest BCUT2D eigenvalue weighted by Gasteiger charge is -2.37. The predicted octanol–water partition coefficient (Wildman–Crippen LogP) is 6.11. The molecular formula is C16H28F6O. The minimum Gasteiger partial charge on any atom is -0.374 e. The summed E-state index contributed by atoms with van der Waals surface area (Å²) in [5.74, 6) is -0.0341. The Morgan fingerprint density at radius 1 is 0.783 bits per heavy atom. The fourth-order valence-corrected chi connectivity index (χ4v) is 2.63. The second kappa shape index (κ2) is 6.81. The summed E-state index contributed by atoms with van der Waals surface area (Å²) in [6, 6.07) is 0. The Kier molecular flexibility index (Phi) is 6.67. The Bertz CT molecular complexity index is 356. The van der Waals surface area contributed by atoms with Crippen LogP contribution in [0.5, 0.6) is 0 Å². The van der Waals surface area contributed by atoms with Crippen molar-refractivity contribution < 1.29 is 31.4 Å². The molecule has 0 aromatic heterocycles. The van der Waals surface area contributed by atoms with E-state index in [0.29, 0.717) is 6.42 Å². The Morgan fingerprint density at radius 2 is 1.17 bits per heavy atom. The molecule has 1 nitrogen and oxygen atoms in total. The average Bonchev–Trinajstić information content (AvgIpc) is 2.21. The number of alkyl halides is 6. The van der Waals surface area contributed by atoms with Crippen LogP contribution in [0.25, 0.3) is 0 Å². The van der Waals surface area contributed by atoms with Crippen LogP contribution in [0.1, 0.15) is 67.2 Å². The molecule has 140 valence electrons. The van der Waals surface area contributed by atoms with Crippen LogP contribution in [0, 0.1) is 16.7 Å². The highest BCUT2D eigenvalue weighted by molar-refractivity contribution is 4.94. The first-order chi connectivity index (χ1) is 9.81. The lowest BCUT2D eigenvalue weighted by atomic mass is 9.70. The first kappa shape index (κ1) is 22.5. The number of aliphatic hydroxyl groups is 1. The molecule has 0 saturated heterocycles. The molecule has 0 aliphatic rings. The molecule has 23 heavy (non-hydrogen) atoms. The lowest BCUT2D eigenvalue weighted by molar-refractivity contribution is -0.370. The summed E-state index contributed by atoms with van der Waals surface area (Å²) in [4.78, 5) is 0. The standard InChI is InChI=1S/C16H28F6O/c1-12(2,3)10-11(13(4,5)6)8-7-9-14(23,15(17,18)19)16(20,21)22/h11,23H,7-10H2,1-6H3. The second-order valence-electron chi connectivity index (χ2n) is 8.58. The zero-order valence-electron chi connectivity index (χ0n) is 14.6. The van der Waals surface area contributed by atoms with Gasteiger partial charge in [-0.1, -0.05) is 41.5 Å². The van der Waals surface area contributed by atoms with Gasteiger partial charge in [-0.25, -0.2) is 0 Å². The summed E-state index contributed by atoms with van der Waals surface area (Å²) in [6.07, 6.45) is -12.3. The highest BCUT2D eigenvalue weighted by atomic mass is 19.4. The summed E-state index contributed by atoms with van der Waals surface area (Å²) in [5, 5.41) is 9.18. The summed E-state index contributed by atoms with van der Waals surface area (Å²) in [5.41, 5.74) is -4.95. The molecule has 0 saturated carbocycles. The number of hydrogen-bond acceptors (Lipinski definition) is 1. The van der Waals surface area contributed by atoms with Crippen molar-refractivity contribution in [3.05, 3.63) is 0 Å². The van der Waals surface area contributed by atoms with Crippen molar-refractivity contribution in [1.82, 2.24) is 0 Å². The minimum absolute atomic E-state index is 0.0341. The molecule has 0 bridgehead atoms. The molecule has 0 fully saturated rings. The topological polar surface area (TPSA) is 20.2 Å². The summed E-state index contributed by atoms with van der Waals surface area (Å²) < 4.78 is 76.0. The fraction of sp³-hybridized carbons (Fsp3) is 1.00. The van der Waals surface area contributed by atoms with E-state index in [1.54, 1.807) is 0 Å². The molecule has 0 aliphatic carbocycles. The Balaban J connectivity index is 5.06. The predicted molar refractivity (Wildman–Crippen MR) is 77.9 cm³/mol. The van der Waals surface area contributed by atoms with Crippen LogP contribution in [0.2, 0.25) is 0 Å². The van der Waals surface area contributed by atoms with E-state index in [1.807, 2.05) is 41.5 Å². The van der Waals surface area contributed by atoms with Crippen LogP contribution in [0.15, 0.2) is 0 Å². The zero-order chi connectivity index (χ0) is 18.9. The molecule has 1 atom stereocenters. The van der Waals surface area contributed by atoms with Gasteiger partial charge in [-0.05, 0) is 42.4 Å². The molecular weight excluding hydrogens is 322 g/mol. The number of rotatable bonds is 5. The van der Waals surface area contributed by atoms with E-state index in [1.165, 1.54) is 0 Å². The Morgan fingerprint density at radius 3 is 1.43 bits per heavy atom. The smallest absolute Gasteiger partial charge is 0.374 e. The summed E-state index contributed by atoms with van der Waals surface area (Å²) >= 11 is 0. The van der Waals surface area contributed by atoms with Crippen molar-refractivity contribution in [2.24, 2.45) is 16.7 Å². The van der Waals surface area contributed by atoms with Gasteiger partial charge in [-0.3, -0.25) is 0 Å². The molecule has 0 amide bonds. The van der Waals surface area contributed by atoms with Crippen molar-refractivity contribution in [2.75, 3.05) is 0 Å². The fourth-order valence-electron chi connectivity index (χ4n) is 2.63. The number of halogens is 6. The van der Waals surface area contributed by atoms with Gasteiger partial charge in [0, 0.05) is 0 Å². The monoisotopic (exact) mass is 350 g/mol. The second-order valence-corrected chi connectivity index (χ2v) is 8.58. The van der Waals surface area contributed by atoms with Crippen LogP contribution in [-0.2, 0) is 0 Å². The van der Waals surface area contributed by atoms with Crippen molar-refractivity contribution in [2.45, 2.75) is 85.2 Å². The van der Waals surface area contributed by atoms with Crippen LogP contribution >= 0.6 is 0 Å². The summed E-state index contributed by atoms with van der Waals surface area (Å²) in [7, 11) is 0. The average molecular weight is 350 g/mol. The van der Waals surface area contributed by atoms with Crippen molar-refractivity contribution >= 4 is 0 Å². The van der Waals surface area contributed by atoms with Crippen LogP contribution in [0.4, 0.5) is 26.3 Å². The Labute approximate surface area is 134 Å². The molecule has 1 unspecified atom stereocenters. The van der Waals surface area contributed by atoms with E-state index in [2.05, 4.69) is 0 Å². The van der Waals surface area contributed by atoms with Crippen LogP contribution in [0.3, 0.4) is 0 Å². The first-order valence-electron chi connectivity index (χ1n) is 7.67. The van der Waals surface area contributed by atoms with Crippen LogP contribution in [-0.4, -0.2) is 23.1 Å². The highest BCUT2D eigenvalue weighted by Gasteiger charge is 2.69. The molecule has 0 aromatic rings. The molecule has 0 aliphatic heterocycles. The largest absolute Gasteiger partial charge is 0.426 e. The lowest BCUT2D eigenvalue weighted by Crippen LogP contribution is -2.56. The van der Waals surface area contributed by atoms with Gasteiger partial charge >= 0.3 is 12.4 Å².